The van der Waals surface area contributed by atoms with Gasteiger partial charge in [-0.15, -0.1) is 0 Å². The first-order chi connectivity index (χ1) is 14.6. The van der Waals surface area contributed by atoms with Crippen LogP contribution in [-0.2, 0) is 9.53 Å². The molecule has 2 N–H and O–H groups in total. The molecule has 0 saturated carbocycles. The minimum absolute atomic E-state index is 0.0406. The standard InChI is InChI=1S/C23H27N3O4/c27-22(28)15-26(14-13-25-11-9-24-10-12-25)23(29)30-16-21-19-7-3-1-5-17(19)18-6-2-4-8-20(18)21/h1-8,21,24H,9-16H2,(H,27,28). The molecule has 1 aliphatic carbocycles. The van der Waals surface area contributed by atoms with Crippen LogP contribution < -0.4 is 5.32 Å². The van der Waals surface area contributed by atoms with Crippen molar-refractivity contribution in [1.82, 2.24) is 15.1 Å². The average molecular weight is 409 g/mol. The van der Waals surface area contributed by atoms with Crippen LogP contribution in [0.3, 0.4) is 0 Å². The minimum atomic E-state index is -1.04. The van der Waals surface area contributed by atoms with E-state index in [0.29, 0.717) is 13.1 Å². The molecule has 7 heteroatoms. The zero-order valence-corrected chi connectivity index (χ0v) is 16.9. The monoisotopic (exact) mass is 409 g/mol. The predicted molar refractivity (Wildman–Crippen MR) is 114 cm³/mol. The maximum absolute atomic E-state index is 12.7. The highest BCUT2D eigenvalue weighted by Crippen LogP contribution is 2.44. The van der Waals surface area contributed by atoms with E-state index < -0.39 is 12.1 Å². The number of nitrogens with zero attached hydrogens (tertiary/aromatic N) is 2. The number of benzene rings is 2. The lowest BCUT2D eigenvalue weighted by atomic mass is 9.98. The Kier molecular flexibility index (Phi) is 6.30. The summed E-state index contributed by atoms with van der Waals surface area (Å²) in [7, 11) is 0. The first kappa shape index (κ1) is 20.4. The van der Waals surface area contributed by atoms with E-state index in [9.17, 15) is 14.7 Å². The third kappa shape index (κ3) is 4.47. The lowest BCUT2D eigenvalue weighted by Crippen LogP contribution is -2.48. The van der Waals surface area contributed by atoms with E-state index in [-0.39, 0.29) is 19.1 Å². The van der Waals surface area contributed by atoms with Crippen molar-refractivity contribution in [1.29, 1.82) is 0 Å². The van der Waals surface area contributed by atoms with Crippen molar-refractivity contribution >= 4 is 12.1 Å². The Morgan fingerprint density at radius 1 is 1.03 bits per heavy atom. The first-order valence-electron chi connectivity index (χ1n) is 10.4. The summed E-state index contributed by atoms with van der Waals surface area (Å²) in [6.07, 6.45) is -0.575. The molecule has 1 heterocycles. The number of carbonyl (C=O) groups excluding carboxylic acids is 1. The largest absolute Gasteiger partial charge is 0.480 e. The van der Waals surface area contributed by atoms with Gasteiger partial charge in [0, 0.05) is 45.2 Å². The van der Waals surface area contributed by atoms with Gasteiger partial charge in [0.2, 0.25) is 0 Å². The molecule has 0 spiro atoms. The summed E-state index contributed by atoms with van der Waals surface area (Å²) in [6.45, 7) is 4.41. The number of fused-ring (bicyclic) bond motifs is 3. The summed E-state index contributed by atoms with van der Waals surface area (Å²) in [5, 5.41) is 12.5. The first-order valence-corrected chi connectivity index (χ1v) is 10.4. The second-order valence-corrected chi connectivity index (χ2v) is 7.71. The van der Waals surface area contributed by atoms with Gasteiger partial charge in [0.15, 0.2) is 0 Å². The van der Waals surface area contributed by atoms with E-state index >= 15 is 0 Å². The van der Waals surface area contributed by atoms with Crippen molar-refractivity contribution in [3.63, 3.8) is 0 Å². The molecule has 1 amide bonds. The number of nitrogens with one attached hydrogen (secondary N) is 1. The van der Waals surface area contributed by atoms with E-state index in [1.807, 2.05) is 24.3 Å². The number of hydrogen-bond acceptors (Lipinski definition) is 5. The van der Waals surface area contributed by atoms with Crippen LogP contribution in [0.25, 0.3) is 11.1 Å². The average Bonchev–Trinajstić information content (AvgIpc) is 3.09. The Bertz CT molecular complexity index is 865. The maximum atomic E-state index is 12.7. The number of rotatable bonds is 7. The number of aliphatic carboxylic acids is 1. The third-order valence-electron chi connectivity index (χ3n) is 5.82. The SMILES string of the molecule is O=C(O)CN(CCN1CCNCC1)C(=O)OCC1c2ccccc2-c2ccccc21. The molecule has 158 valence electrons. The minimum Gasteiger partial charge on any atom is -0.480 e. The Balaban J connectivity index is 1.42. The third-order valence-corrected chi connectivity index (χ3v) is 5.82. The fourth-order valence-corrected chi connectivity index (χ4v) is 4.28. The van der Waals surface area contributed by atoms with Crippen molar-refractivity contribution in [3.05, 3.63) is 59.7 Å². The molecule has 0 atom stereocenters. The summed E-state index contributed by atoms with van der Waals surface area (Å²) in [5.74, 6) is -1.08. The van der Waals surface area contributed by atoms with Crippen molar-refractivity contribution in [3.8, 4) is 11.1 Å². The molecule has 1 saturated heterocycles. The van der Waals surface area contributed by atoms with Gasteiger partial charge in [-0.1, -0.05) is 48.5 Å². The molecule has 2 aromatic rings. The maximum Gasteiger partial charge on any atom is 0.410 e. The summed E-state index contributed by atoms with van der Waals surface area (Å²) in [6, 6.07) is 16.3. The van der Waals surface area contributed by atoms with Gasteiger partial charge < -0.3 is 15.2 Å². The van der Waals surface area contributed by atoms with Gasteiger partial charge in [0.1, 0.15) is 13.2 Å². The van der Waals surface area contributed by atoms with Gasteiger partial charge in [0.05, 0.1) is 0 Å². The summed E-state index contributed by atoms with van der Waals surface area (Å²) in [4.78, 5) is 27.5. The van der Waals surface area contributed by atoms with Gasteiger partial charge in [-0.2, -0.15) is 0 Å². The number of carbonyl (C=O) groups is 2. The lowest BCUT2D eigenvalue weighted by molar-refractivity contribution is -0.138. The molecule has 0 aromatic heterocycles. The van der Waals surface area contributed by atoms with Gasteiger partial charge in [-0.25, -0.2) is 4.79 Å². The summed E-state index contributed by atoms with van der Waals surface area (Å²) >= 11 is 0. The smallest absolute Gasteiger partial charge is 0.410 e. The van der Waals surface area contributed by atoms with Crippen LogP contribution in [0.5, 0.6) is 0 Å². The van der Waals surface area contributed by atoms with E-state index in [1.165, 1.54) is 4.90 Å². The van der Waals surface area contributed by atoms with Crippen molar-refractivity contribution in [2.24, 2.45) is 0 Å². The second kappa shape index (κ2) is 9.28. The van der Waals surface area contributed by atoms with Gasteiger partial charge >= 0.3 is 12.1 Å². The van der Waals surface area contributed by atoms with Gasteiger partial charge in [0.25, 0.3) is 0 Å². The Labute approximate surface area is 176 Å². The topological polar surface area (TPSA) is 82.1 Å². The number of piperazine rings is 1. The molecule has 30 heavy (non-hydrogen) atoms. The summed E-state index contributed by atoms with van der Waals surface area (Å²) in [5.41, 5.74) is 4.60. The van der Waals surface area contributed by atoms with Crippen molar-refractivity contribution < 1.29 is 19.4 Å². The molecule has 1 aliphatic heterocycles. The van der Waals surface area contributed by atoms with Crippen LogP contribution in [-0.4, -0.2) is 79.4 Å². The molecule has 0 unspecified atom stereocenters. The highest BCUT2D eigenvalue weighted by Gasteiger charge is 2.30. The van der Waals surface area contributed by atoms with Crippen LogP contribution in [0.15, 0.2) is 48.5 Å². The van der Waals surface area contributed by atoms with E-state index in [0.717, 1.165) is 48.4 Å². The zero-order valence-electron chi connectivity index (χ0n) is 16.9. The number of amides is 1. The van der Waals surface area contributed by atoms with Crippen molar-refractivity contribution in [2.75, 3.05) is 52.4 Å². The second-order valence-electron chi connectivity index (χ2n) is 7.71. The molecule has 1 fully saturated rings. The fourth-order valence-electron chi connectivity index (χ4n) is 4.28. The molecule has 2 aliphatic rings. The number of hydrogen-bond donors (Lipinski definition) is 2. The van der Waals surface area contributed by atoms with Crippen LogP contribution in [0.1, 0.15) is 17.0 Å². The molecule has 7 nitrogen and oxygen atoms in total. The Morgan fingerprint density at radius 3 is 2.23 bits per heavy atom. The fraction of sp³-hybridized carbons (Fsp3) is 0.391. The highest BCUT2D eigenvalue weighted by molar-refractivity contribution is 5.79. The molecule has 0 bridgehead atoms. The van der Waals surface area contributed by atoms with E-state index in [4.69, 9.17) is 4.74 Å². The van der Waals surface area contributed by atoms with Crippen LogP contribution in [0.2, 0.25) is 0 Å². The van der Waals surface area contributed by atoms with E-state index in [1.54, 1.807) is 0 Å². The van der Waals surface area contributed by atoms with Crippen LogP contribution in [0, 0.1) is 0 Å². The van der Waals surface area contributed by atoms with Gasteiger partial charge in [-0.3, -0.25) is 14.6 Å². The number of carboxylic acids is 1. The predicted octanol–water partition coefficient (Wildman–Crippen LogP) is 2.23. The van der Waals surface area contributed by atoms with Crippen LogP contribution >= 0.6 is 0 Å². The Hall–Kier alpha value is -2.90. The Morgan fingerprint density at radius 2 is 1.63 bits per heavy atom. The normalized spacial score (nSPS) is 16.0. The van der Waals surface area contributed by atoms with Crippen molar-refractivity contribution in [2.45, 2.75) is 5.92 Å². The molecular formula is C23H27N3O4. The highest BCUT2D eigenvalue weighted by atomic mass is 16.6. The zero-order chi connectivity index (χ0) is 20.9. The molecule has 4 rings (SSSR count). The van der Waals surface area contributed by atoms with E-state index in [2.05, 4.69) is 34.5 Å². The number of carboxylic acid groups (broad SMARTS) is 1. The quantitative estimate of drug-likeness (QED) is 0.730. The summed E-state index contributed by atoms with van der Waals surface area (Å²) < 4.78 is 5.64. The molecular weight excluding hydrogens is 382 g/mol. The number of ether oxygens (including phenoxy) is 1. The lowest BCUT2D eigenvalue weighted by Gasteiger charge is -2.29. The molecule has 0 radical (unpaired) electrons. The van der Waals surface area contributed by atoms with Crippen LogP contribution in [0.4, 0.5) is 4.79 Å². The molecule has 2 aromatic carbocycles. The van der Waals surface area contributed by atoms with Gasteiger partial charge in [-0.05, 0) is 22.3 Å².